The number of para-hydroxylation sites is 3. The number of anilines is 1. The summed E-state index contributed by atoms with van der Waals surface area (Å²) < 4.78 is 11.5. The van der Waals surface area contributed by atoms with Crippen molar-refractivity contribution in [2.45, 2.75) is 6.04 Å². The third-order valence-electron chi connectivity index (χ3n) is 5.16. The maximum absolute atomic E-state index is 12.7. The lowest BCUT2D eigenvalue weighted by molar-refractivity contribution is -0.385. The van der Waals surface area contributed by atoms with Gasteiger partial charge in [-0.15, -0.1) is 10.2 Å². The fourth-order valence-electron chi connectivity index (χ4n) is 3.38. The molecule has 12 nitrogen and oxygen atoms in total. The second-order valence-electron chi connectivity index (χ2n) is 7.72. The Labute approximate surface area is 206 Å². The van der Waals surface area contributed by atoms with Gasteiger partial charge in [0, 0.05) is 11.8 Å². The lowest BCUT2D eigenvalue weighted by Gasteiger charge is -2.25. The third-order valence-corrected chi connectivity index (χ3v) is 5.16. The van der Waals surface area contributed by atoms with Crippen molar-refractivity contribution in [3.8, 4) is 17.2 Å². The number of aromatic nitrogens is 4. The van der Waals surface area contributed by atoms with Gasteiger partial charge < -0.3 is 14.8 Å². The number of H-pyrrole nitrogens is 1. The van der Waals surface area contributed by atoms with E-state index in [0.717, 1.165) is 0 Å². The molecule has 1 heterocycles. The van der Waals surface area contributed by atoms with Crippen molar-refractivity contribution < 1.29 is 19.2 Å². The maximum atomic E-state index is 12.7. The number of hydrogen-bond donors (Lipinski definition) is 2. The van der Waals surface area contributed by atoms with Gasteiger partial charge in [0.25, 0.3) is 0 Å². The number of hydrogen-bond acceptors (Lipinski definition) is 9. The molecule has 3 aromatic carbocycles. The van der Waals surface area contributed by atoms with Crippen LogP contribution in [0.25, 0.3) is 0 Å². The monoisotopic (exact) mass is 489 g/mol. The van der Waals surface area contributed by atoms with Gasteiger partial charge in [-0.05, 0) is 49.5 Å². The summed E-state index contributed by atoms with van der Waals surface area (Å²) >= 11 is 0. The molecule has 0 aliphatic rings. The van der Waals surface area contributed by atoms with Gasteiger partial charge in [0.1, 0.15) is 24.1 Å². The highest BCUT2D eigenvalue weighted by molar-refractivity contribution is 5.92. The van der Waals surface area contributed by atoms with Crippen molar-refractivity contribution in [1.82, 2.24) is 25.5 Å². The van der Waals surface area contributed by atoms with Gasteiger partial charge in [-0.3, -0.25) is 19.8 Å². The molecular formula is C24H23N7O5. The van der Waals surface area contributed by atoms with Crippen LogP contribution in [0.15, 0.2) is 78.9 Å². The van der Waals surface area contributed by atoms with Gasteiger partial charge in [-0.1, -0.05) is 35.5 Å². The average molecular weight is 489 g/mol. The Hall–Kier alpha value is -4.84. The van der Waals surface area contributed by atoms with E-state index in [1.165, 1.54) is 12.1 Å². The van der Waals surface area contributed by atoms with Gasteiger partial charge in [-0.2, -0.15) is 5.21 Å². The summed E-state index contributed by atoms with van der Waals surface area (Å²) in [5.74, 6) is 1.46. The molecule has 2 N–H and O–H groups in total. The number of nitrogens with one attached hydrogen (secondary N) is 2. The number of benzene rings is 3. The zero-order valence-electron chi connectivity index (χ0n) is 19.3. The molecule has 0 aliphatic heterocycles. The molecule has 0 bridgehead atoms. The van der Waals surface area contributed by atoms with Gasteiger partial charge in [0.05, 0.1) is 11.5 Å². The number of nitro benzene ring substituents is 1. The molecule has 1 unspecified atom stereocenters. The minimum atomic E-state index is -0.601. The highest BCUT2D eigenvalue weighted by atomic mass is 16.6. The van der Waals surface area contributed by atoms with E-state index in [1.807, 2.05) is 30.3 Å². The molecule has 36 heavy (non-hydrogen) atoms. The lowest BCUT2D eigenvalue weighted by atomic mass is 10.2. The van der Waals surface area contributed by atoms with Crippen LogP contribution in [0.1, 0.15) is 11.9 Å². The summed E-state index contributed by atoms with van der Waals surface area (Å²) in [6, 6.07) is 21.8. The smallest absolute Gasteiger partial charge is 0.310 e. The Morgan fingerprint density at radius 1 is 1.06 bits per heavy atom. The number of nitrogens with zero attached hydrogens (tertiary/aromatic N) is 5. The summed E-state index contributed by atoms with van der Waals surface area (Å²) in [6.07, 6.45) is 0. The SMILES string of the molecule is CN(CC(=O)Nc1ccc(Oc2ccccc2)cc1)C(COc1ccccc1[N+](=O)[O-])c1nn[nH]n1. The van der Waals surface area contributed by atoms with Gasteiger partial charge in [-0.25, -0.2) is 0 Å². The van der Waals surface area contributed by atoms with E-state index in [1.54, 1.807) is 48.3 Å². The van der Waals surface area contributed by atoms with Crippen molar-refractivity contribution >= 4 is 17.3 Å². The van der Waals surface area contributed by atoms with Crippen LogP contribution in [-0.2, 0) is 4.79 Å². The minimum absolute atomic E-state index is 0.0261. The second kappa shape index (κ2) is 11.5. The van der Waals surface area contributed by atoms with E-state index in [0.29, 0.717) is 17.2 Å². The van der Waals surface area contributed by atoms with Crippen LogP contribution in [0.3, 0.4) is 0 Å². The number of nitro groups is 1. The largest absolute Gasteiger partial charge is 0.485 e. The zero-order chi connectivity index (χ0) is 25.3. The molecule has 4 aromatic rings. The number of likely N-dealkylation sites (N-methyl/N-ethyl adjacent to an activating group) is 1. The maximum Gasteiger partial charge on any atom is 0.310 e. The van der Waals surface area contributed by atoms with Crippen LogP contribution in [-0.4, -0.2) is 56.6 Å². The van der Waals surface area contributed by atoms with E-state index in [2.05, 4.69) is 25.9 Å². The summed E-state index contributed by atoms with van der Waals surface area (Å²) in [7, 11) is 1.69. The van der Waals surface area contributed by atoms with Crippen molar-refractivity contribution in [1.29, 1.82) is 0 Å². The molecular weight excluding hydrogens is 466 g/mol. The van der Waals surface area contributed by atoms with E-state index in [4.69, 9.17) is 9.47 Å². The number of tetrazole rings is 1. The Morgan fingerprint density at radius 2 is 1.75 bits per heavy atom. The Kier molecular flexibility index (Phi) is 7.78. The zero-order valence-corrected chi connectivity index (χ0v) is 19.3. The van der Waals surface area contributed by atoms with Gasteiger partial charge in [0.2, 0.25) is 5.91 Å². The van der Waals surface area contributed by atoms with Crippen molar-refractivity contribution in [2.24, 2.45) is 0 Å². The molecule has 1 aromatic heterocycles. The fourth-order valence-corrected chi connectivity index (χ4v) is 3.38. The van der Waals surface area contributed by atoms with Crippen LogP contribution in [0, 0.1) is 10.1 Å². The molecule has 1 atom stereocenters. The standard InChI is InChI=1S/C24H23N7O5/c1-30(15-23(32)25-17-11-13-19(14-12-17)36-18-7-3-2-4-8-18)21(24-26-28-29-27-24)16-35-22-10-6-5-9-20(22)31(33)34/h2-14,21H,15-16H2,1H3,(H,25,32)(H,26,27,28,29). The molecule has 184 valence electrons. The predicted octanol–water partition coefficient (Wildman–Crippen LogP) is 3.59. The molecule has 4 rings (SSSR count). The van der Waals surface area contributed by atoms with Crippen molar-refractivity contribution in [3.05, 3.63) is 94.8 Å². The predicted molar refractivity (Wildman–Crippen MR) is 130 cm³/mol. The molecule has 0 fully saturated rings. The minimum Gasteiger partial charge on any atom is -0.485 e. The topological polar surface area (TPSA) is 148 Å². The Bertz CT molecular complexity index is 1280. The summed E-state index contributed by atoms with van der Waals surface area (Å²) in [4.78, 5) is 25.1. The number of carbonyl (C=O) groups is 1. The second-order valence-corrected chi connectivity index (χ2v) is 7.72. The van der Waals surface area contributed by atoms with Crippen LogP contribution >= 0.6 is 0 Å². The van der Waals surface area contributed by atoms with E-state index in [9.17, 15) is 14.9 Å². The average Bonchev–Trinajstić information content (AvgIpc) is 3.41. The third kappa shape index (κ3) is 6.39. The van der Waals surface area contributed by atoms with Crippen molar-refractivity contribution in [2.75, 3.05) is 25.5 Å². The van der Waals surface area contributed by atoms with Crippen LogP contribution < -0.4 is 14.8 Å². The molecule has 1 amide bonds. The first-order valence-electron chi connectivity index (χ1n) is 10.9. The highest BCUT2D eigenvalue weighted by Gasteiger charge is 2.25. The van der Waals surface area contributed by atoms with Gasteiger partial charge in [0.15, 0.2) is 11.6 Å². The number of amides is 1. The molecule has 0 aliphatic carbocycles. The normalized spacial score (nSPS) is 11.6. The highest BCUT2D eigenvalue weighted by Crippen LogP contribution is 2.28. The van der Waals surface area contributed by atoms with Crippen LogP contribution in [0.5, 0.6) is 17.2 Å². The summed E-state index contributed by atoms with van der Waals surface area (Å²) in [5, 5.41) is 28.0. The van der Waals surface area contributed by atoms with E-state index in [-0.39, 0.29) is 36.3 Å². The Balaban J connectivity index is 1.37. The number of carbonyl (C=O) groups excluding carboxylic acids is 1. The van der Waals surface area contributed by atoms with Crippen LogP contribution in [0.4, 0.5) is 11.4 Å². The molecule has 0 radical (unpaired) electrons. The quantitative estimate of drug-likeness (QED) is 0.238. The molecule has 0 saturated heterocycles. The summed E-state index contributed by atoms with van der Waals surface area (Å²) in [6.45, 7) is -0.0681. The van der Waals surface area contributed by atoms with Gasteiger partial charge >= 0.3 is 5.69 Å². The summed E-state index contributed by atoms with van der Waals surface area (Å²) in [5.41, 5.74) is 0.436. The fraction of sp³-hybridized carbons (Fsp3) is 0.167. The number of rotatable bonds is 11. The molecule has 0 saturated carbocycles. The first-order valence-corrected chi connectivity index (χ1v) is 10.9. The lowest BCUT2D eigenvalue weighted by Crippen LogP contribution is -2.36. The van der Waals surface area contributed by atoms with E-state index < -0.39 is 11.0 Å². The van der Waals surface area contributed by atoms with E-state index >= 15 is 0 Å². The number of aromatic amines is 1. The first-order chi connectivity index (χ1) is 17.5. The molecule has 12 heteroatoms. The first kappa shape index (κ1) is 24.3. The van der Waals surface area contributed by atoms with Crippen LogP contribution in [0.2, 0.25) is 0 Å². The molecule has 0 spiro atoms. The van der Waals surface area contributed by atoms with Crippen molar-refractivity contribution in [3.63, 3.8) is 0 Å². The Morgan fingerprint density at radius 3 is 2.44 bits per heavy atom. The number of ether oxygens (including phenoxy) is 2.